The molecular weight excluding hydrogens is 427 g/mol. The van der Waals surface area contributed by atoms with Crippen molar-refractivity contribution in [1.82, 2.24) is 15.0 Å². The van der Waals surface area contributed by atoms with Crippen LogP contribution in [0.15, 0.2) is 77.3 Å². The maximum absolute atomic E-state index is 12.8. The Morgan fingerprint density at radius 3 is 2.65 bits per heavy atom. The summed E-state index contributed by atoms with van der Waals surface area (Å²) in [6.45, 7) is 0. The lowest BCUT2D eigenvalue weighted by Crippen LogP contribution is -2.08. The Kier molecular flexibility index (Phi) is 5.89. The van der Waals surface area contributed by atoms with Gasteiger partial charge in [-0.1, -0.05) is 42.5 Å². The van der Waals surface area contributed by atoms with Gasteiger partial charge in [0.15, 0.2) is 5.69 Å². The minimum absolute atomic E-state index is 0.281. The number of hydrazone groups is 1. The van der Waals surface area contributed by atoms with Crippen LogP contribution >= 0.6 is 11.3 Å². The molecule has 0 atom stereocenters. The first-order chi connectivity index (χ1) is 15.0. The largest absolute Gasteiger partial charge is 0.433 e. The Balaban J connectivity index is 1.41. The second-order valence-electron chi connectivity index (χ2n) is 6.17. The molecule has 1 N–H and O–H groups in total. The van der Waals surface area contributed by atoms with Crippen molar-refractivity contribution in [2.45, 2.75) is 6.18 Å². The normalized spacial score (nSPS) is 11.6. The van der Waals surface area contributed by atoms with Crippen LogP contribution < -0.4 is 10.2 Å². The maximum atomic E-state index is 12.8. The summed E-state index contributed by atoms with van der Waals surface area (Å²) in [5.74, 6) is 0.281. The lowest BCUT2D eigenvalue weighted by molar-refractivity contribution is -0.141. The standard InChI is InChI=1S/C21H14F3N5OS/c22-21(23,24)18-9-10-25-19(28-18)30-16-8-4-5-14(11-16)12-26-29-20-27-17(13-31-20)15-6-2-1-3-7-15/h1-13H,(H,27,29). The van der Waals surface area contributed by atoms with E-state index in [1.54, 1.807) is 30.5 Å². The highest BCUT2D eigenvalue weighted by molar-refractivity contribution is 7.14. The summed E-state index contributed by atoms with van der Waals surface area (Å²) >= 11 is 1.42. The van der Waals surface area contributed by atoms with Gasteiger partial charge >= 0.3 is 12.2 Å². The molecule has 0 aliphatic rings. The third-order valence-electron chi connectivity index (χ3n) is 3.94. The molecule has 0 saturated heterocycles. The molecule has 0 saturated carbocycles. The predicted molar refractivity (Wildman–Crippen MR) is 112 cm³/mol. The highest BCUT2D eigenvalue weighted by Gasteiger charge is 2.33. The molecule has 156 valence electrons. The number of thiazole rings is 1. The second kappa shape index (κ2) is 8.92. The molecule has 2 aromatic heterocycles. The van der Waals surface area contributed by atoms with Gasteiger partial charge in [0.25, 0.3) is 0 Å². The second-order valence-corrected chi connectivity index (χ2v) is 7.03. The van der Waals surface area contributed by atoms with Gasteiger partial charge in [0.2, 0.25) is 5.13 Å². The molecule has 6 nitrogen and oxygen atoms in total. The van der Waals surface area contributed by atoms with Crippen molar-refractivity contribution in [2.75, 3.05) is 5.43 Å². The van der Waals surface area contributed by atoms with Crippen molar-refractivity contribution in [3.63, 3.8) is 0 Å². The van der Waals surface area contributed by atoms with E-state index in [1.165, 1.54) is 11.3 Å². The quantitative estimate of drug-likeness (QED) is 0.300. The van der Waals surface area contributed by atoms with Gasteiger partial charge in [-0.15, -0.1) is 11.3 Å². The minimum atomic E-state index is -4.57. The number of nitrogens with zero attached hydrogens (tertiary/aromatic N) is 4. The van der Waals surface area contributed by atoms with E-state index in [1.807, 2.05) is 35.7 Å². The summed E-state index contributed by atoms with van der Waals surface area (Å²) in [6, 6.07) is 16.8. The van der Waals surface area contributed by atoms with Gasteiger partial charge in [-0.25, -0.2) is 9.97 Å². The summed E-state index contributed by atoms with van der Waals surface area (Å²) in [4.78, 5) is 11.6. The van der Waals surface area contributed by atoms with Crippen LogP contribution in [0.3, 0.4) is 0 Å². The third kappa shape index (κ3) is 5.43. The lowest BCUT2D eigenvalue weighted by atomic mass is 10.2. The van der Waals surface area contributed by atoms with Crippen molar-refractivity contribution in [3.05, 3.63) is 83.5 Å². The van der Waals surface area contributed by atoms with Crippen molar-refractivity contribution < 1.29 is 17.9 Å². The number of rotatable bonds is 6. The molecule has 0 bridgehead atoms. The zero-order chi connectivity index (χ0) is 21.7. The lowest BCUT2D eigenvalue weighted by Gasteiger charge is -2.08. The Morgan fingerprint density at radius 2 is 1.84 bits per heavy atom. The molecule has 0 amide bonds. The van der Waals surface area contributed by atoms with Crippen molar-refractivity contribution in [2.24, 2.45) is 5.10 Å². The molecule has 2 heterocycles. The molecule has 31 heavy (non-hydrogen) atoms. The number of hydrogen-bond acceptors (Lipinski definition) is 7. The van der Waals surface area contributed by atoms with Gasteiger partial charge in [0, 0.05) is 17.1 Å². The van der Waals surface area contributed by atoms with E-state index in [4.69, 9.17) is 4.74 Å². The van der Waals surface area contributed by atoms with Crippen LogP contribution in [-0.4, -0.2) is 21.2 Å². The molecule has 0 unspecified atom stereocenters. The van der Waals surface area contributed by atoms with E-state index in [-0.39, 0.29) is 5.75 Å². The first-order valence-electron chi connectivity index (χ1n) is 8.95. The van der Waals surface area contributed by atoms with Gasteiger partial charge in [0.05, 0.1) is 11.9 Å². The highest BCUT2D eigenvalue weighted by atomic mass is 32.1. The monoisotopic (exact) mass is 441 g/mol. The minimum Gasteiger partial charge on any atom is -0.424 e. The number of benzene rings is 2. The van der Waals surface area contributed by atoms with E-state index in [2.05, 4.69) is 25.5 Å². The maximum Gasteiger partial charge on any atom is 0.433 e. The Bertz CT molecular complexity index is 1190. The summed E-state index contributed by atoms with van der Waals surface area (Å²) in [7, 11) is 0. The van der Waals surface area contributed by atoms with Gasteiger partial charge in [-0.3, -0.25) is 5.43 Å². The van der Waals surface area contributed by atoms with Crippen LogP contribution in [0.5, 0.6) is 11.8 Å². The topological polar surface area (TPSA) is 72.3 Å². The fourth-order valence-electron chi connectivity index (χ4n) is 2.54. The molecule has 4 rings (SSSR count). The number of anilines is 1. The Hall–Kier alpha value is -3.79. The first kappa shape index (κ1) is 20.5. The predicted octanol–water partition coefficient (Wildman–Crippen LogP) is 5.86. The molecule has 0 aliphatic heterocycles. The summed E-state index contributed by atoms with van der Waals surface area (Å²) in [5, 5.41) is 6.70. The number of aromatic nitrogens is 3. The van der Waals surface area contributed by atoms with E-state index >= 15 is 0 Å². The number of alkyl halides is 3. The van der Waals surface area contributed by atoms with E-state index in [0.29, 0.717) is 10.7 Å². The first-order valence-corrected chi connectivity index (χ1v) is 9.83. The Morgan fingerprint density at radius 1 is 1.00 bits per heavy atom. The van der Waals surface area contributed by atoms with Gasteiger partial charge < -0.3 is 4.74 Å². The van der Waals surface area contributed by atoms with E-state index in [0.717, 1.165) is 23.5 Å². The van der Waals surface area contributed by atoms with Crippen molar-refractivity contribution in [3.8, 4) is 23.0 Å². The van der Waals surface area contributed by atoms with Crippen LogP contribution in [0.1, 0.15) is 11.3 Å². The molecule has 0 radical (unpaired) electrons. The fourth-order valence-corrected chi connectivity index (χ4v) is 3.21. The molecule has 0 spiro atoms. The fraction of sp³-hybridized carbons (Fsp3) is 0.0476. The number of halogens is 3. The van der Waals surface area contributed by atoms with Crippen LogP contribution in [0, 0.1) is 0 Å². The molecule has 2 aromatic carbocycles. The van der Waals surface area contributed by atoms with E-state index < -0.39 is 17.9 Å². The number of nitrogens with one attached hydrogen (secondary N) is 1. The summed E-state index contributed by atoms with van der Waals surface area (Å²) in [5.41, 5.74) is 4.31. The molecule has 4 aromatic rings. The van der Waals surface area contributed by atoms with Crippen LogP contribution in [-0.2, 0) is 6.18 Å². The summed E-state index contributed by atoms with van der Waals surface area (Å²) in [6.07, 6.45) is -2.03. The number of hydrogen-bond donors (Lipinski definition) is 1. The molecule has 0 fully saturated rings. The zero-order valence-corrected chi connectivity index (χ0v) is 16.6. The van der Waals surface area contributed by atoms with Gasteiger partial charge in [-0.05, 0) is 23.8 Å². The van der Waals surface area contributed by atoms with Crippen molar-refractivity contribution >= 4 is 22.7 Å². The molecule has 10 heteroatoms. The van der Waals surface area contributed by atoms with E-state index in [9.17, 15) is 13.2 Å². The van der Waals surface area contributed by atoms with Gasteiger partial charge in [-0.2, -0.15) is 23.3 Å². The smallest absolute Gasteiger partial charge is 0.424 e. The average molecular weight is 441 g/mol. The van der Waals surface area contributed by atoms with Crippen LogP contribution in [0.25, 0.3) is 11.3 Å². The number of ether oxygens (including phenoxy) is 1. The molecule has 0 aliphatic carbocycles. The Labute approximate surface area is 179 Å². The van der Waals surface area contributed by atoms with Crippen molar-refractivity contribution in [1.29, 1.82) is 0 Å². The van der Waals surface area contributed by atoms with Crippen LogP contribution in [0.4, 0.5) is 18.3 Å². The summed E-state index contributed by atoms with van der Waals surface area (Å²) < 4.78 is 43.7. The average Bonchev–Trinajstić information content (AvgIpc) is 3.23. The molecular formula is C21H14F3N5OS. The third-order valence-corrected chi connectivity index (χ3v) is 4.69. The SMILES string of the molecule is FC(F)(F)c1ccnc(Oc2cccc(C=NNc3nc(-c4ccccc4)cs3)c2)n1. The zero-order valence-electron chi connectivity index (χ0n) is 15.7. The highest BCUT2D eigenvalue weighted by Crippen LogP contribution is 2.29. The van der Waals surface area contributed by atoms with Crippen LogP contribution in [0.2, 0.25) is 0 Å². The van der Waals surface area contributed by atoms with Gasteiger partial charge in [0.1, 0.15) is 5.75 Å².